The molecule has 3 aliphatic carbocycles. The Morgan fingerprint density at radius 3 is 2.57 bits per heavy atom. The molecule has 1 amide bonds. The predicted octanol–water partition coefficient (Wildman–Crippen LogP) is 6.83. The molecule has 0 aromatic heterocycles. The molecular weight excluding hydrogens is 390 g/mol. The van der Waals surface area contributed by atoms with Crippen molar-refractivity contribution >= 4 is 23.6 Å². The van der Waals surface area contributed by atoms with Crippen molar-refractivity contribution in [1.29, 1.82) is 0 Å². The van der Waals surface area contributed by atoms with E-state index in [4.69, 9.17) is 11.6 Å². The molecule has 3 saturated carbocycles. The van der Waals surface area contributed by atoms with Crippen molar-refractivity contribution in [1.82, 2.24) is 4.90 Å². The highest BCUT2D eigenvalue weighted by atomic mass is 35.5. The highest BCUT2D eigenvalue weighted by Crippen LogP contribution is 2.66. The first kappa shape index (κ1) is 20.6. The smallest absolute Gasteiger partial charge is 0.222 e. The van der Waals surface area contributed by atoms with E-state index < -0.39 is 0 Å². The van der Waals surface area contributed by atoms with E-state index in [1.54, 1.807) is 0 Å². The molecule has 1 aliphatic heterocycles. The summed E-state index contributed by atoms with van der Waals surface area (Å²) in [6, 6.07) is 8.63. The molecule has 3 heteroatoms. The van der Waals surface area contributed by atoms with Crippen LogP contribution in [0, 0.1) is 34.5 Å². The van der Waals surface area contributed by atoms with Crippen LogP contribution >= 0.6 is 11.6 Å². The molecule has 0 radical (unpaired) electrons. The van der Waals surface area contributed by atoms with Crippen LogP contribution in [0.5, 0.6) is 0 Å². The van der Waals surface area contributed by atoms with E-state index in [1.165, 1.54) is 38.5 Å². The van der Waals surface area contributed by atoms with Crippen LogP contribution in [-0.4, -0.2) is 23.9 Å². The molecule has 4 aliphatic rings. The molecule has 0 N–H and O–H groups in total. The summed E-state index contributed by atoms with van der Waals surface area (Å²) in [5, 5.41) is 0.847. The third-order valence-electron chi connectivity index (χ3n) is 10.0. The lowest BCUT2D eigenvalue weighted by Gasteiger charge is -2.61. The van der Waals surface area contributed by atoms with Crippen LogP contribution in [0.15, 0.2) is 30.3 Å². The lowest BCUT2D eigenvalue weighted by molar-refractivity contribution is -0.157. The van der Waals surface area contributed by atoms with Crippen LogP contribution in [0.3, 0.4) is 0 Å². The summed E-state index contributed by atoms with van der Waals surface area (Å²) in [4.78, 5) is 14.5. The van der Waals surface area contributed by atoms with Gasteiger partial charge in [0.1, 0.15) is 0 Å². The predicted molar refractivity (Wildman–Crippen MR) is 124 cm³/mol. The van der Waals surface area contributed by atoms with E-state index in [9.17, 15) is 4.79 Å². The zero-order chi connectivity index (χ0) is 21.1. The molecule has 4 fully saturated rings. The summed E-state index contributed by atoms with van der Waals surface area (Å²) in [6.45, 7) is 5.09. The van der Waals surface area contributed by atoms with Crippen molar-refractivity contribution < 1.29 is 4.79 Å². The summed E-state index contributed by atoms with van der Waals surface area (Å²) in [6.07, 6.45) is 14.4. The summed E-state index contributed by atoms with van der Waals surface area (Å²) < 4.78 is 0. The van der Waals surface area contributed by atoms with Crippen molar-refractivity contribution in [3.8, 4) is 0 Å². The SMILES string of the molecule is CN1C(=O)CC[C@]2(C)[C@H]3CC[C@]4(C)[C@@H](/C=C/c5ccccc5Cl)CC[C@H]4[C@@H]3CC[C@@H]12. The van der Waals surface area contributed by atoms with Gasteiger partial charge in [-0.05, 0) is 91.1 Å². The van der Waals surface area contributed by atoms with Gasteiger partial charge in [-0.1, -0.05) is 55.8 Å². The van der Waals surface area contributed by atoms with Gasteiger partial charge in [-0.2, -0.15) is 0 Å². The second kappa shape index (κ2) is 7.40. The molecule has 0 spiro atoms. The minimum absolute atomic E-state index is 0.318. The van der Waals surface area contributed by atoms with E-state index in [0.29, 0.717) is 28.7 Å². The van der Waals surface area contributed by atoms with Crippen LogP contribution < -0.4 is 0 Å². The first-order valence-electron chi connectivity index (χ1n) is 12.0. The minimum Gasteiger partial charge on any atom is -0.342 e. The number of carbonyl (C=O) groups excluding carboxylic acids is 1. The quantitative estimate of drug-likeness (QED) is 0.508. The van der Waals surface area contributed by atoms with Crippen molar-refractivity contribution in [2.45, 2.75) is 71.3 Å². The maximum atomic E-state index is 12.3. The number of hydrogen-bond donors (Lipinski definition) is 0. The Morgan fingerprint density at radius 1 is 1.00 bits per heavy atom. The number of likely N-dealkylation sites (tertiary alicyclic amines) is 1. The van der Waals surface area contributed by atoms with Gasteiger partial charge in [0.15, 0.2) is 0 Å². The molecule has 0 unspecified atom stereocenters. The Morgan fingerprint density at radius 2 is 1.77 bits per heavy atom. The summed E-state index contributed by atoms with van der Waals surface area (Å²) in [5.41, 5.74) is 1.87. The summed E-state index contributed by atoms with van der Waals surface area (Å²) in [7, 11) is 2.06. The fourth-order valence-electron chi connectivity index (χ4n) is 8.34. The molecule has 1 saturated heterocycles. The fraction of sp³-hybridized carbons (Fsp3) is 0.667. The molecule has 162 valence electrons. The normalized spacial score (nSPS) is 43.4. The number of allylic oxidation sites excluding steroid dienone is 1. The van der Waals surface area contributed by atoms with E-state index in [1.807, 2.05) is 12.1 Å². The van der Waals surface area contributed by atoms with E-state index in [0.717, 1.165) is 41.2 Å². The van der Waals surface area contributed by atoms with Gasteiger partial charge in [0.05, 0.1) is 0 Å². The van der Waals surface area contributed by atoms with Gasteiger partial charge in [0.2, 0.25) is 5.91 Å². The van der Waals surface area contributed by atoms with Crippen molar-refractivity contribution in [2.75, 3.05) is 7.05 Å². The summed E-state index contributed by atoms with van der Waals surface area (Å²) in [5.74, 6) is 3.47. The summed E-state index contributed by atoms with van der Waals surface area (Å²) >= 11 is 6.40. The number of fused-ring (bicyclic) bond motifs is 5. The topological polar surface area (TPSA) is 20.3 Å². The molecular formula is C27H36ClNO. The zero-order valence-electron chi connectivity index (χ0n) is 18.7. The minimum atomic E-state index is 0.318. The fourth-order valence-corrected chi connectivity index (χ4v) is 8.54. The van der Waals surface area contributed by atoms with Crippen LogP contribution in [0.4, 0.5) is 0 Å². The van der Waals surface area contributed by atoms with Crippen LogP contribution in [0.1, 0.15) is 70.8 Å². The molecule has 5 rings (SSSR count). The molecule has 30 heavy (non-hydrogen) atoms. The number of benzene rings is 1. The Balaban J connectivity index is 1.38. The molecule has 2 nitrogen and oxygen atoms in total. The van der Waals surface area contributed by atoms with Crippen molar-refractivity contribution in [3.05, 3.63) is 40.9 Å². The number of amides is 1. The van der Waals surface area contributed by atoms with Crippen LogP contribution in [0.25, 0.3) is 6.08 Å². The van der Waals surface area contributed by atoms with Gasteiger partial charge in [-0.25, -0.2) is 0 Å². The average Bonchev–Trinajstić information content (AvgIpc) is 3.07. The van der Waals surface area contributed by atoms with E-state index >= 15 is 0 Å². The van der Waals surface area contributed by atoms with Crippen molar-refractivity contribution in [2.24, 2.45) is 34.5 Å². The third kappa shape index (κ3) is 3.00. The highest BCUT2D eigenvalue weighted by molar-refractivity contribution is 6.32. The van der Waals surface area contributed by atoms with Crippen LogP contribution in [0.2, 0.25) is 5.02 Å². The van der Waals surface area contributed by atoms with Gasteiger partial charge in [-0.3, -0.25) is 4.79 Å². The standard InChI is InChI=1S/C27H36ClNO/c1-26-16-14-22-20(11-13-24-27(22,2)17-15-25(30)29(24)3)21(26)12-10-19(26)9-8-18-6-4-5-7-23(18)28/h4-9,19-22,24H,10-17H2,1-3H3/b9-8+/t19-,20-,21-,22-,24+,26+,27+/m0/s1. The van der Waals surface area contributed by atoms with Gasteiger partial charge in [-0.15, -0.1) is 0 Å². The van der Waals surface area contributed by atoms with E-state index in [2.05, 4.69) is 50.1 Å². The number of carbonyl (C=O) groups is 1. The number of nitrogens with zero attached hydrogens (tertiary/aromatic N) is 1. The van der Waals surface area contributed by atoms with Gasteiger partial charge in [0, 0.05) is 24.5 Å². The number of rotatable bonds is 2. The molecule has 1 aromatic rings. The lowest BCUT2D eigenvalue weighted by Crippen LogP contribution is -2.61. The Kier molecular flexibility index (Phi) is 5.08. The van der Waals surface area contributed by atoms with Crippen LogP contribution in [-0.2, 0) is 4.79 Å². The maximum absolute atomic E-state index is 12.3. The monoisotopic (exact) mass is 425 g/mol. The number of piperidine rings is 1. The number of hydrogen-bond acceptors (Lipinski definition) is 1. The first-order chi connectivity index (χ1) is 14.3. The van der Waals surface area contributed by atoms with Gasteiger partial charge >= 0.3 is 0 Å². The lowest BCUT2D eigenvalue weighted by atomic mass is 9.47. The Labute approximate surface area is 187 Å². The largest absolute Gasteiger partial charge is 0.342 e. The van der Waals surface area contributed by atoms with Gasteiger partial charge < -0.3 is 4.90 Å². The Bertz CT molecular complexity index is 864. The first-order valence-corrected chi connectivity index (χ1v) is 12.4. The third-order valence-corrected chi connectivity index (χ3v) is 10.4. The van der Waals surface area contributed by atoms with Gasteiger partial charge in [0.25, 0.3) is 0 Å². The average molecular weight is 426 g/mol. The Hall–Kier alpha value is -1.28. The second-order valence-electron chi connectivity index (χ2n) is 11.1. The molecule has 7 atom stereocenters. The molecule has 1 heterocycles. The second-order valence-corrected chi connectivity index (χ2v) is 11.5. The van der Waals surface area contributed by atoms with E-state index in [-0.39, 0.29) is 0 Å². The maximum Gasteiger partial charge on any atom is 0.222 e. The molecule has 0 bridgehead atoms. The molecule has 1 aromatic carbocycles. The van der Waals surface area contributed by atoms with Crippen molar-refractivity contribution in [3.63, 3.8) is 0 Å². The zero-order valence-corrected chi connectivity index (χ0v) is 19.5. The highest BCUT2D eigenvalue weighted by Gasteiger charge is 2.60. The number of halogens is 1.